The molecule has 5 nitrogen and oxygen atoms in total. The molecule has 0 aliphatic rings. The molecular weight excluding hydrogens is 276 g/mol. The van der Waals surface area contributed by atoms with Crippen LogP contribution in [0.2, 0.25) is 0 Å². The third-order valence-electron chi connectivity index (χ3n) is 2.87. The molecule has 1 rings (SSSR count). The molecule has 0 heterocycles. The number of carboxylic acids is 1. The van der Waals surface area contributed by atoms with Gasteiger partial charge in [-0.2, -0.15) is 11.8 Å². The minimum absolute atomic E-state index is 0.197. The molecule has 0 saturated carbocycles. The second-order valence-electron chi connectivity index (χ2n) is 4.36. The highest BCUT2D eigenvalue weighted by atomic mass is 32.2. The Labute approximate surface area is 123 Å². The van der Waals surface area contributed by atoms with Crippen LogP contribution in [0.1, 0.15) is 28.8 Å². The Kier molecular flexibility index (Phi) is 6.93. The molecule has 0 fully saturated rings. The topological polar surface area (TPSA) is 78.4 Å². The van der Waals surface area contributed by atoms with E-state index in [0.717, 1.165) is 18.6 Å². The number of amides is 2. The van der Waals surface area contributed by atoms with E-state index in [1.807, 2.05) is 0 Å². The number of unbranched alkanes of at least 4 members (excludes halogenated alkanes) is 1. The molecule has 3 N–H and O–H groups in total. The predicted octanol–water partition coefficient (Wildman–Crippen LogP) is 2.96. The fraction of sp³-hybridized carbons (Fsp3) is 0.429. The van der Waals surface area contributed by atoms with Crippen LogP contribution in [-0.4, -0.2) is 35.7 Å². The minimum Gasteiger partial charge on any atom is -0.478 e. The second-order valence-corrected chi connectivity index (χ2v) is 5.35. The maximum absolute atomic E-state index is 11.7. The zero-order valence-electron chi connectivity index (χ0n) is 11.7. The van der Waals surface area contributed by atoms with Gasteiger partial charge in [-0.05, 0) is 49.5 Å². The van der Waals surface area contributed by atoms with Crippen molar-refractivity contribution in [2.75, 3.05) is 23.9 Å². The largest absolute Gasteiger partial charge is 0.478 e. The summed E-state index contributed by atoms with van der Waals surface area (Å²) in [4.78, 5) is 22.7. The summed E-state index contributed by atoms with van der Waals surface area (Å²) >= 11 is 1.79. The van der Waals surface area contributed by atoms with Crippen molar-refractivity contribution in [2.24, 2.45) is 0 Å². The van der Waals surface area contributed by atoms with E-state index in [-0.39, 0.29) is 11.6 Å². The standard InChI is InChI=1S/C14H20N2O3S/c1-10-11(13(17)18)6-5-7-12(10)16-14(19)15-8-3-4-9-20-2/h5-7H,3-4,8-9H2,1-2H3,(H,17,18)(H2,15,16,19). The van der Waals surface area contributed by atoms with Crippen molar-refractivity contribution in [1.82, 2.24) is 5.32 Å². The maximum Gasteiger partial charge on any atom is 0.336 e. The summed E-state index contributed by atoms with van der Waals surface area (Å²) in [6.45, 7) is 2.29. The molecule has 1 aromatic carbocycles. The summed E-state index contributed by atoms with van der Waals surface area (Å²) in [6, 6.07) is 4.52. The number of carboxylic acid groups (broad SMARTS) is 1. The highest BCUT2D eigenvalue weighted by Crippen LogP contribution is 2.18. The van der Waals surface area contributed by atoms with E-state index >= 15 is 0 Å². The number of aromatic carboxylic acids is 1. The van der Waals surface area contributed by atoms with Crippen molar-refractivity contribution in [3.05, 3.63) is 29.3 Å². The zero-order valence-corrected chi connectivity index (χ0v) is 12.5. The molecule has 6 heteroatoms. The number of anilines is 1. The molecule has 0 radical (unpaired) electrons. The van der Waals surface area contributed by atoms with Gasteiger partial charge in [0.1, 0.15) is 0 Å². The van der Waals surface area contributed by atoms with Crippen LogP contribution in [0.25, 0.3) is 0 Å². The Morgan fingerprint density at radius 1 is 1.30 bits per heavy atom. The van der Waals surface area contributed by atoms with Gasteiger partial charge in [-0.15, -0.1) is 0 Å². The number of carbonyl (C=O) groups is 2. The average Bonchev–Trinajstić information content (AvgIpc) is 2.40. The Balaban J connectivity index is 2.50. The van der Waals surface area contributed by atoms with Gasteiger partial charge in [-0.3, -0.25) is 0 Å². The molecule has 0 saturated heterocycles. The number of carbonyl (C=O) groups excluding carboxylic acids is 1. The van der Waals surface area contributed by atoms with Crippen LogP contribution < -0.4 is 10.6 Å². The molecule has 110 valence electrons. The van der Waals surface area contributed by atoms with Crippen molar-refractivity contribution < 1.29 is 14.7 Å². The second kappa shape index (κ2) is 8.47. The lowest BCUT2D eigenvalue weighted by Gasteiger charge is -2.11. The highest BCUT2D eigenvalue weighted by molar-refractivity contribution is 7.98. The molecule has 0 aliphatic heterocycles. The summed E-state index contributed by atoms with van der Waals surface area (Å²) in [6.07, 6.45) is 4.05. The monoisotopic (exact) mass is 296 g/mol. The van der Waals surface area contributed by atoms with Gasteiger partial charge in [-0.25, -0.2) is 9.59 Å². The normalized spacial score (nSPS) is 10.1. The van der Waals surface area contributed by atoms with Crippen LogP contribution >= 0.6 is 11.8 Å². The first kappa shape index (κ1) is 16.4. The van der Waals surface area contributed by atoms with Crippen molar-refractivity contribution in [3.8, 4) is 0 Å². The van der Waals surface area contributed by atoms with Crippen LogP contribution in [0.4, 0.5) is 10.5 Å². The number of thioether (sulfide) groups is 1. The van der Waals surface area contributed by atoms with Crippen molar-refractivity contribution in [2.45, 2.75) is 19.8 Å². The summed E-state index contributed by atoms with van der Waals surface area (Å²) < 4.78 is 0. The number of rotatable bonds is 7. The first-order valence-electron chi connectivity index (χ1n) is 6.43. The van der Waals surface area contributed by atoms with Crippen LogP contribution in [0, 0.1) is 6.92 Å². The Hall–Kier alpha value is -1.69. The van der Waals surface area contributed by atoms with Crippen LogP contribution in [-0.2, 0) is 0 Å². The Morgan fingerprint density at radius 3 is 2.70 bits per heavy atom. The van der Waals surface area contributed by atoms with E-state index in [9.17, 15) is 9.59 Å². The quantitative estimate of drug-likeness (QED) is 0.676. The van der Waals surface area contributed by atoms with Crippen LogP contribution in [0.3, 0.4) is 0 Å². The van der Waals surface area contributed by atoms with E-state index in [1.54, 1.807) is 30.8 Å². The maximum atomic E-state index is 11.7. The van der Waals surface area contributed by atoms with Crippen molar-refractivity contribution in [3.63, 3.8) is 0 Å². The summed E-state index contributed by atoms with van der Waals surface area (Å²) in [5, 5.41) is 14.5. The van der Waals surface area contributed by atoms with Gasteiger partial charge in [0.15, 0.2) is 0 Å². The molecule has 0 spiro atoms. The molecule has 0 bridgehead atoms. The van der Waals surface area contributed by atoms with Gasteiger partial charge >= 0.3 is 12.0 Å². The van der Waals surface area contributed by atoms with Gasteiger partial charge in [0, 0.05) is 12.2 Å². The van der Waals surface area contributed by atoms with E-state index in [0.29, 0.717) is 17.8 Å². The van der Waals surface area contributed by atoms with Crippen LogP contribution in [0.15, 0.2) is 18.2 Å². The fourth-order valence-electron chi connectivity index (χ4n) is 1.74. The zero-order chi connectivity index (χ0) is 15.0. The number of nitrogens with one attached hydrogen (secondary N) is 2. The Morgan fingerprint density at radius 2 is 2.05 bits per heavy atom. The van der Waals surface area contributed by atoms with E-state index in [4.69, 9.17) is 5.11 Å². The number of hydrogen-bond donors (Lipinski definition) is 3. The van der Waals surface area contributed by atoms with Crippen molar-refractivity contribution in [1.29, 1.82) is 0 Å². The third-order valence-corrected chi connectivity index (χ3v) is 3.57. The Bertz CT molecular complexity index is 477. The smallest absolute Gasteiger partial charge is 0.336 e. The molecule has 0 atom stereocenters. The fourth-order valence-corrected chi connectivity index (χ4v) is 2.24. The number of benzene rings is 1. The highest BCUT2D eigenvalue weighted by Gasteiger charge is 2.11. The van der Waals surface area contributed by atoms with Gasteiger partial charge < -0.3 is 15.7 Å². The van der Waals surface area contributed by atoms with E-state index in [2.05, 4.69) is 16.9 Å². The lowest BCUT2D eigenvalue weighted by atomic mass is 10.1. The minimum atomic E-state index is -0.997. The molecular formula is C14H20N2O3S. The molecule has 1 aromatic rings. The number of urea groups is 1. The summed E-state index contributed by atoms with van der Waals surface area (Å²) in [5.74, 6) is 0.0897. The molecule has 20 heavy (non-hydrogen) atoms. The summed E-state index contributed by atoms with van der Waals surface area (Å²) in [5.41, 5.74) is 1.27. The molecule has 0 unspecified atom stereocenters. The molecule has 0 aromatic heterocycles. The van der Waals surface area contributed by atoms with E-state index < -0.39 is 5.97 Å². The summed E-state index contributed by atoms with van der Waals surface area (Å²) in [7, 11) is 0. The SMILES string of the molecule is CSCCCCNC(=O)Nc1cccc(C(=O)O)c1C. The predicted molar refractivity (Wildman–Crippen MR) is 82.8 cm³/mol. The van der Waals surface area contributed by atoms with E-state index in [1.165, 1.54) is 6.07 Å². The van der Waals surface area contributed by atoms with Gasteiger partial charge in [0.2, 0.25) is 0 Å². The van der Waals surface area contributed by atoms with Gasteiger partial charge in [0.25, 0.3) is 0 Å². The lowest BCUT2D eigenvalue weighted by Crippen LogP contribution is -2.30. The van der Waals surface area contributed by atoms with Crippen LogP contribution in [0.5, 0.6) is 0 Å². The lowest BCUT2D eigenvalue weighted by molar-refractivity contribution is 0.0696. The molecule has 2 amide bonds. The average molecular weight is 296 g/mol. The van der Waals surface area contributed by atoms with Crippen molar-refractivity contribution >= 4 is 29.4 Å². The first-order chi connectivity index (χ1) is 9.56. The molecule has 0 aliphatic carbocycles. The van der Waals surface area contributed by atoms with Gasteiger partial charge in [0.05, 0.1) is 5.56 Å². The van der Waals surface area contributed by atoms with Gasteiger partial charge in [-0.1, -0.05) is 6.07 Å². The first-order valence-corrected chi connectivity index (χ1v) is 7.82. The number of hydrogen-bond acceptors (Lipinski definition) is 3. The third kappa shape index (κ3) is 5.13.